The lowest BCUT2D eigenvalue weighted by Crippen LogP contribution is -2.36. The molecule has 4 rings (SSSR count). The maximum absolute atomic E-state index is 13.9. The Bertz CT molecular complexity index is 1320. The summed E-state index contributed by atoms with van der Waals surface area (Å²) in [5.74, 6) is 0.440. The topological polar surface area (TPSA) is 103 Å². The van der Waals surface area contributed by atoms with Crippen LogP contribution in [0.2, 0.25) is 0 Å². The highest BCUT2D eigenvalue weighted by Crippen LogP contribution is 2.47. The minimum atomic E-state index is -0.653. The molecule has 0 saturated carbocycles. The van der Waals surface area contributed by atoms with Gasteiger partial charge < -0.3 is 29.4 Å². The van der Waals surface area contributed by atoms with E-state index >= 15 is 0 Å². The maximum atomic E-state index is 13.9. The van der Waals surface area contributed by atoms with Crippen LogP contribution in [0.1, 0.15) is 63.5 Å². The molecule has 2 aromatic rings. The third-order valence-electron chi connectivity index (χ3n) is 7.09. The molecule has 0 spiro atoms. The largest absolute Gasteiger partial charge is 0.504 e. The number of dihydropyridines is 1. The fourth-order valence-corrected chi connectivity index (χ4v) is 5.29. The predicted octanol–water partition coefficient (Wildman–Crippen LogP) is 5.37. The van der Waals surface area contributed by atoms with Gasteiger partial charge in [0.25, 0.3) is 0 Å². The van der Waals surface area contributed by atoms with Gasteiger partial charge in [0.05, 0.1) is 33.0 Å². The number of hydrogen-bond acceptors (Lipinski definition) is 8. The number of aromatic hydroxyl groups is 1. The molecule has 0 fully saturated rings. The van der Waals surface area contributed by atoms with E-state index in [1.54, 1.807) is 26.4 Å². The van der Waals surface area contributed by atoms with Crippen molar-refractivity contribution >= 4 is 11.8 Å². The SMILES string of the molecule is CCOc1cc([C@H]2C(C(=O)OCC(C)C)=C(C)NC3=C2C(=O)C[C@H](c2ccc(OC)c(OC)c2)C3)ccc1O. The molecule has 1 heterocycles. The summed E-state index contributed by atoms with van der Waals surface area (Å²) in [5, 5.41) is 13.7. The summed E-state index contributed by atoms with van der Waals surface area (Å²) in [6.45, 7) is 8.23. The van der Waals surface area contributed by atoms with Gasteiger partial charge in [-0.05, 0) is 67.5 Å². The zero-order chi connectivity index (χ0) is 28.3. The summed E-state index contributed by atoms with van der Waals surface area (Å²) in [6, 6.07) is 10.7. The number of nitrogens with one attached hydrogen (secondary N) is 1. The van der Waals surface area contributed by atoms with Crippen molar-refractivity contribution in [2.75, 3.05) is 27.4 Å². The van der Waals surface area contributed by atoms with Crippen LogP contribution < -0.4 is 19.5 Å². The molecule has 0 saturated heterocycles. The standard InChI is InChI=1S/C31H37NO7/c1-7-38-26-15-20(8-10-23(26)33)29-28(31(35)39-16-17(2)3)18(4)32-22-12-21(13-24(34)30(22)29)19-9-11-25(36-5)27(14-19)37-6/h8-11,14-15,17,21,29,32-33H,7,12-13,16H2,1-6H3/t21-,29+/m1/s1. The van der Waals surface area contributed by atoms with E-state index in [1.807, 2.05) is 45.9 Å². The first kappa shape index (κ1) is 28.1. The molecule has 1 aliphatic heterocycles. The molecule has 8 nitrogen and oxygen atoms in total. The summed E-state index contributed by atoms with van der Waals surface area (Å²) < 4.78 is 22.1. The maximum Gasteiger partial charge on any atom is 0.336 e. The Morgan fingerprint density at radius 2 is 1.72 bits per heavy atom. The lowest BCUT2D eigenvalue weighted by molar-refractivity contribution is -0.140. The van der Waals surface area contributed by atoms with Gasteiger partial charge in [-0.1, -0.05) is 26.0 Å². The van der Waals surface area contributed by atoms with Crippen molar-refractivity contribution in [1.29, 1.82) is 0 Å². The second-order valence-electron chi connectivity index (χ2n) is 10.3. The first-order valence-corrected chi connectivity index (χ1v) is 13.3. The summed E-state index contributed by atoms with van der Waals surface area (Å²) in [6.07, 6.45) is 0.853. The minimum Gasteiger partial charge on any atom is -0.504 e. The van der Waals surface area contributed by atoms with E-state index in [9.17, 15) is 14.7 Å². The van der Waals surface area contributed by atoms with Crippen LogP contribution in [-0.2, 0) is 14.3 Å². The Morgan fingerprint density at radius 3 is 2.38 bits per heavy atom. The predicted molar refractivity (Wildman–Crippen MR) is 147 cm³/mol. The number of carbonyl (C=O) groups is 2. The Hall–Kier alpha value is -3.94. The molecular formula is C31H37NO7. The molecule has 0 aromatic heterocycles. The van der Waals surface area contributed by atoms with Crippen molar-refractivity contribution in [2.45, 2.75) is 52.4 Å². The van der Waals surface area contributed by atoms with Crippen molar-refractivity contribution in [1.82, 2.24) is 5.32 Å². The number of carbonyl (C=O) groups excluding carboxylic acids is 2. The average Bonchev–Trinajstić information content (AvgIpc) is 2.91. The van der Waals surface area contributed by atoms with E-state index in [2.05, 4.69) is 5.32 Å². The van der Waals surface area contributed by atoms with Crippen molar-refractivity contribution in [2.24, 2.45) is 5.92 Å². The van der Waals surface area contributed by atoms with Crippen molar-refractivity contribution < 1.29 is 33.6 Å². The van der Waals surface area contributed by atoms with Crippen molar-refractivity contribution in [3.63, 3.8) is 0 Å². The smallest absolute Gasteiger partial charge is 0.336 e. The molecule has 208 valence electrons. The Balaban J connectivity index is 1.79. The molecule has 0 radical (unpaired) electrons. The van der Waals surface area contributed by atoms with Gasteiger partial charge in [-0.2, -0.15) is 0 Å². The number of phenols is 1. The quantitative estimate of drug-likeness (QED) is 0.413. The Kier molecular flexibility index (Phi) is 8.53. The highest BCUT2D eigenvalue weighted by Gasteiger charge is 2.42. The summed E-state index contributed by atoms with van der Waals surface area (Å²) >= 11 is 0. The number of methoxy groups -OCH3 is 2. The van der Waals surface area contributed by atoms with Crippen LogP contribution in [-0.4, -0.2) is 44.3 Å². The molecule has 0 unspecified atom stereocenters. The first-order chi connectivity index (χ1) is 18.7. The highest BCUT2D eigenvalue weighted by molar-refractivity contribution is 6.04. The first-order valence-electron chi connectivity index (χ1n) is 13.3. The number of esters is 1. The molecular weight excluding hydrogens is 498 g/mol. The number of ketones is 1. The molecule has 2 N–H and O–H groups in total. The number of phenolic OH excluding ortho intramolecular Hbond substituents is 1. The van der Waals surface area contributed by atoms with Gasteiger partial charge in [0.2, 0.25) is 0 Å². The van der Waals surface area contributed by atoms with E-state index in [0.717, 1.165) is 11.3 Å². The third kappa shape index (κ3) is 5.75. The van der Waals surface area contributed by atoms with Gasteiger partial charge >= 0.3 is 5.97 Å². The van der Waals surface area contributed by atoms with E-state index in [-0.39, 0.29) is 36.4 Å². The lowest BCUT2D eigenvalue weighted by atomic mass is 9.71. The van der Waals surface area contributed by atoms with E-state index in [1.165, 1.54) is 6.07 Å². The van der Waals surface area contributed by atoms with Crippen LogP contribution in [0.15, 0.2) is 58.9 Å². The van der Waals surface area contributed by atoms with Gasteiger partial charge in [0.15, 0.2) is 28.8 Å². The van der Waals surface area contributed by atoms with E-state index in [4.69, 9.17) is 18.9 Å². The van der Waals surface area contributed by atoms with Crippen LogP contribution in [0, 0.1) is 5.92 Å². The van der Waals surface area contributed by atoms with Crippen LogP contribution in [0.4, 0.5) is 0 Å². The van der Waals surface area contributed by atoms with Crippen LogP contribution in [0.25, 0.3) is 0 Å². The Labute approximate surface area is 229 Å². The number of hydrogen-bond donors (Lipinski definition) is 2. The fraction of sp³-hybridized carbons (Fsp3) is 0.419. The zero-order valence-electron chi connectivity index (χ0n) is 23.4. The molecule has 2 aliphatic rings. The van der Waals surface area contributed by atoms with Crippen LogP contribution in [0.3, 0.4) is 0 Å². The van der Waals surface area contributed by atoms with Gasteiger partial charge in [-0.15, -0.1) is 0 Å². The third-order valence-corrected chi connectivity index (χ3v) is 7.09. The number of benzene rings is 2. The summed E-state index contributed by atoms with van der Waals surface area (Å²) in [5.41, 5.74) is 4.00. The highest BCUT2D eigenvalue weighted by atomic mass is 16.5. The molecule has 8 heteroatoms. The second-order valence-corrected chi connectivity index (χ2v) is 10.3. The summed E-state index contributed by atoms with van der Waals surface area (Å²) in [7, 11) is 3.17. The van der Waals surface area contributed by atoms with Crippen LogP contribution >= 0.6 is 0 Å². The van der Waals surface area contributed by atoms with Crippen molar-refractivity contribution in [3.05, 3.63) is 70.1 Å². The molecule has 39 heavy (non-hydrogen) atoms. The minimum absolute atomic E-state index is 0.00291. The second kappa shape index (κ2) is 11.8. The molecule has 1 aliphatic carbocycles. The number of Topliss-reactive ketones (excluding diaryl/α,β-unsaturated/α-hetero) is 1. The molecule has 0 amide bonds. The van der Waals surface area contributed by atoms with Crippen LogP contribution in [0.5, 0.6) is 23.0 Å². The van der Waals surface area contributed by atoms with Gasteiger partial charge in [-0.3, -0.25) is 4.79 Å². The monoisotopic (exact) mass is 535 g/mol. The molecule has 0 bridgehead atoms. The van der Waals surface area contributed by atoms with Gasteiger partial charge in [-0.25, -0.2) is 4.79 Å². The Morgan fingerprint density at radius 1 is 1.03 bits per heavy atom. The normalized spacial score (nSPS) is 19.0. The fourth-order valence-electron chi connectivity index (χ4n) is 5.29. The number of ether oxygens (including phenoxy) is 4. The molecule has 2 atom stereocenters. The average molecular weight is 536 g/mol. The van der Waals surface area contributed by atoms with Crippen molar-refractivity contribution in [3.8, 4) is 23.0 Å². The van der Waals surface area contributed by atoms with E-state index in [0.29, 0.717) is 52.7 Å². The molecule has 2 aromatic carbocycles. The van der Waals surface area contributed by atoms with Gasteiger partial charge in [0.1, 0.15) is 0 Å². The summed E-state index contributed by atoms with van der Waals surface area (Å²) in [4.78, 5) is 27.3. The lowest BCUT2D eigenvalue weighted by Gasteiger charge is -2.37. The van der Waals surface area contributed by atoms with E-state index < -0.39 is 11.9 Å². The zero-order valence-corrected chi connectivity index (χ0v) is 23.4. The number of rotatable bonds is 9. The van der Waals surface area contributed by atoms with Gasteiger partial charge in [0, 0.05) is 29.3 Å². The number of allylic oxidation sites excluding steroid dienone is 3.